The summed E-state index contributed by atoms with van der Waals surface area (Å²) in [5, 5.41) is 0. The molecule has 0 bridgehead atoms. The first kappa shape index (κ1) is 13.5. The van der Waals surface area contributed by atoms with Gasteiger partial charge in [0.05, 0.1) is 19.9 Å². The van der Waals surface area contributed by atoms with Gasteiger partial charge in [0.15, 0.2) is 0 Å². The number of hydrogen-bond acceptors (Lipinski definition) is 4. The molecule has 0 radical (unpaired) electrons. The minimum Gasteiger partial charge on any atom is -0.495 e. The molecule has 0 spiro atoms. The van der Waals surface area contributed by atoms with Crippen molar-refractivity contribution in [2.75, 3.05) is 14.2 Å². The Morgan fingerprint density at radius 1 is 1.24 bits per heavy atom. The lowest BCUT2D eigenvalue weighted by Gasteiger charge is -2.17. The van der Waals surface area contributed by atoms with Gasteiger partial charge in [-0.25, -0.2) is 4.79 Å². The Balaban J connectivity index is 3.60. The van der Waals surface area contributed by atoms with Gasteiger partial charge in [0.2, 0.25) is 0 Å². The average Bonchev–Trinajstić information content (AvgIpc) is 2.30. The third kappa shape index (κ3) is 2.40. The fraction of sp³-hybridized carbons (Fsp3) is 0.538. The maximum absolute atomic E-state index is 11.8. The van der Waals surface area contributed by atoms with Crippen LogP contribution in [0.3, 0.4) is 0 Å². The van der Waals surface area contributed by atoms with E-state index in [0.29, 0.717) is 11.3 Å². The molecule has 0 aliphatic rings. The fourth-order valence-electron chi connectivity index (χ4n) is 1.76. The summed E-state index contributed by atoms with van der Waals surface area (Å²) in [6, 6.07) is 0. The van der Waals surface area contributed by atoms with Crippen LogP contribution in [-0.4, -0.2) is 25.2 Å². The summed E-state index contributed by atoms with van der Waals surface area (Å²) in [6.07, 6.45) is 0. The third-order valence-corrected chi connectivity index (χ3v) is 2.80. The van der Waals surface area contributed by atoms with E-state index in [4.69, 9.17) is 9.47 Å². The molecule has 0 N–H and O–H groups in total. The van der Waals surface area contributed by atoms with E-state index >= 15 is 0 Å². The van der Waals surface area contributed by atoms with Crippen molar-refractivity contribution in [1.82, 2.24) is 4.98 Å². The normalized spacial score (nSPS) is 10.5. The Hall–Kier alpha value is -1.58. The molecule has 4 heteroatoms. The predicted molar refractivity (Wildman–Crippen MR) is 65.7 cm³/mol. The molecule has 1 heterocycles. The highest BCUT2D eigenvalue weighted by atomic mass is 16.5. The minimum atomic E-state index is -0.402. The fourth-order valence-corrected chi connectivity index (χ4v) is 1.76. The van der Waals surface area contributed by atoms with Gasteiger partial charge in [-0.1, -0.05) is 13.8 Å². The largest absolute Gasteiger partial charge is 0.495 e. The van der Waals surface area contributed by atoms with Crippen LogP contribution in [0.2, 0.25) is 0 Å². The Kier molecular flexibility index (Phi) is 4.10. The molecule has 0 saturated carbocycles. The lowest BCUT2D eigenvalue weighted by atomic mass is 9.99. The Bertz CT molecular complexity index is 439. The first-order valence-corrected chi connectivity index (χ1v) is 5.57. The van der Waals surface area contributed by atoms with E-state index in [9.17, 15) is 4.79 Å². The van der Waals surface area contributed by atoms with Crippen LogP contribution in [0.1, 0.15) is 47.1 Å². The number of aryl methyl sites for hydroxylation is 1. The molecule has 0 aliphatic carbocycles. The van der Waals surface area contributed by atoms with E-state index in [2.05, 4.69) is 4.98 Å². The number of esters is 1. The summed E-state index contributed by atoms with van der Waals surface area (Å²) in [5.74, 6) is 0.298. The van der Waals surface area contributed by atoms with E-state index in [0.717, 1.165) is 17.0 Å². The number of ether oxygens (including phenoxy) is 2. The van der Waals surface area contributed by atoms with Crippen molar-refractivity contribution in [2.24, 2.45) is 0 Å². The smallest absolute Gasteiger partial charge is 0.343 e. The van der Waals surface area contributed by atoms with Crippen molar-refractivity contribution in [3.05, 3.63) is 22.5 Å². The number of carbonyl (C=O) groups excluding carboxylic acids is 1. The number of pyridine rings is 1. The highest BCUT2D eigenvalue weighted by molar-refractivity contribution is 5.94. The zero-order valence-electron chi connectivity index (χ0n) is 11.2. The highest BCUT2D eigenvalue weighted by Crippen LogP contribution is 2.31. The molecule has 1 rings (SSSR count). The SMILES string of the molecule is COC(=O)c1c(C(C)C)nc(C)c(C)c1OC. The zero-order valence-corrected chi connectivity index (χ0v) is 11.2. The lowest BCUT2D eigenvalue weighted by molar-refractivity contribution is 0.0594. The van der Waals surface area contributed by atoms with Gasteiger partial charge in [0.1, 0.15) is 11.3 Å². The van der Waals surface area contributed by atoms with Gasteiger partial charge in [-0.15, -0.1) is 0 Å². The summed E-state index contributed by atoms with van der Waals surface area (Å²) in [6.45, 7) is 7.77. The molecule has 1 aromatic rings. The maximum Gasteiger partial charge on any atom is 0.343 e. The zero-order chi connectivity index (χ0) is 13.2. The van der Waals surface area contributed by atoms with E-state index in [1.165, 1.54) is 7.11 Å². The molecule has 0 fully saturated rings. The molecule has 0 unspecified atom stereocenters. The number of aromatic nitrogens is 1. The number of nitrogens with zero attached hydrogens (tertiary/aromatic N) is 1. The van der Waals surface area contributed by atoms with Crippen molar-refractivity contribution in [3.8, 4) is 5.75 Å². The van der Waals surface area contributed by atoms with Crippen molar-refractivity contribution in [1.29, 1.82) is 0 Å². The number of carbonyl (C=O) groups is 1. The molecule has 4 nitrogen and oxygen atoms in total. The second kappa shape index (κ2) is 5.17. The number of methoxy groups -OCH3 is 2. The van der Waals surface area contributed by atoms with Crippen LogP contribution in [0.5, 0.6) is 5.75 Å². The summed E-state index contributed by atoms with van der Waals surface area (Å²) in [5.41, 5.74) is 2.90. The van der Waals surface area contributed by atoms with Crippen LogP contribution < -0.4 is 4.74 Å². The molecule has 0 amide bonds. The van der Waals surface area contributed by atoms with Crippen LogP contribution in [-0.2, 0) is 4.74 Å². The highest BCUT2D eigenvalue weighted by Gasteiger charge is 2.24. The summed E-state index contributed by atoms with van der Waals surface area (Å²) < 4.78 is 10.1. The average molecular weight is 237 g/mol. The van der Waals surface area contributed by atoms with Crippen LogP contribution >= 0.6 is 0 Å². The van der Waals surface area contributed by atoms with Gasteiger partial charge in [0.25, 0.3) is 0 Å². The second-order valence-electron chi connectivity index (χ2n) is 4.26. The maximum atomic E-state index is 11.8. The molecule has 0 aromatic carbocycles. The van der Waals surface area contributed by atoms with Crippen LogP contribution in [0.25, 0.3) is 0 Å². The van der Waals surface area contributed by atoms with Crippen molar-refractivity contribution >= 4 is 5.97 Å². The predicted octanol–water partition coefficient (Wildman–Crippen LogP) is 2.62. The quantitative estimate of drug-likeness (QED) is 0.758. The monoisotopic (exact) mass is 237 g/mol. The van der Waals surface area contributed by atoms with Crippen LogP contribution in [0, 0.1) is 13.8 Å². The van der Waals surface area contributed by atoms with E-state index < -0.39 is 5.97 Å². The first-order chi connectivity index (χ1) is 7.93. The number of hydrogen-bond donors (Lipinski definition) is 0. The molecule has 0 aliphatic heterocycles. The standard InChI is InChI=1S/C13H19NO3/c1-7(2)11-10(13(15)17-6)12(16-5)8(3)9(4)14-11/h7H,1-6H3. The van der Waals surface area contributed by atoms with Gasteiger partial charge in [-0.2, -0.15) is 0 Å². The molecule has 1 aromatic heterocycles. The van der Waals surface area contributed by atoms with Crippen molar-refractivity contribution in [2.45, 2.75) is 33.6 Å². The Morgan fingerprint density at radius 2 is 1.82 bits per heavy atom. The van der Waals surface area contributed by atoms with Gasteiger partial charge in [0, 0.05) is 11.3 Å². The lowest BCUT2D eigenvalue weighted by Crippen LogP contribution is -2.13. The second-order valence-corrected chi connectivity index (χ2v) is 4.26. The molecular formula is C13H19NO3. The van der Waals surface area contributed by atoms with Gasteiger partial charge in [-0.3, -0.25) is 4.98 Å². The van der Waals surface area contributed by atoms with Crippen molar-refractivity contribution < 1.29 is 14.3 Å². The molecule has 0 saturated heterocycles. The Morgan fingerprint density at radius 3 is 2.24 bits per heavy atom. The van der Waals surface area contributed by atoms with Gasteiger partial charge < -0.3 is 9.47 Å². The molecule has 0 atom stereocenters. The minimum absolute atomic E-state index is 0.136. The topological polar surface area (TPSA) is 48.4 Å². The van der Waals surface area contributed by atoms with E-state index in [-0.39, 0.29) is 5.92 Å². The molecular weight excluding hydrogens is 218 g/mol. The summed E-state index contributed by atoms with van der Waals surface area (Å²) in [7, 11) is 2.92. The molecule has 17 heavy (non-hydrogen) atoms. The Labute approximate surface area is 102 Å². The van der Waals surface area contributed by atoms with Crippen LogP contribution in [0.4, 0.5) is 0 Å². The van der Waals surface area contributed by atoms with Gasteiger partial charge in [-0.05, 0) is 19.8 Å². The third-order valence-electron chi connectivity index (χ3n) is 2.80. The summed E-state index contributed by atoms with van der Waals surface area (Å²) in [4.78, 5) is 16.3. The molecule has 94 valence electrons. The van der Waals surface area contributed by atoms with Crippen molar-refractivity contribution in [3.63, 3.8) is 0 Å². The van der Waals surface area contributed by atoms with E-state index in [1.54, 1.807) is 7.11 Å². The summed E-state index contributed by atoms with van der Waals surface area (Å²) >= 11 is 0. The van der Waals surface area contributed by atoms with Crippen LogP contribution in [0.15, 0.2) is 0 Å². The number of rotatable bonds is 3. The van der Waals surface area contributed by atoms with Gasteiger partial charge >= 0.3 is 5.97 Å². The first-order valence-electron chi connectivity index (χ1n) is 5.57. The van der Waals surface area contributed by atoms with E-state index in [1.807, 2.05) is 27.7 Å².